The van der Waals surface area contributed by atoms with E-state index in [0.717, 1.165) is 9.80 Å². The van der Waals surface area contributed by atoms with E-state index >= 15 is 0 Å². The lowest BCUT2D eigenvalue weighted by atomic mass is 10.2. The van der Waals surface area contributed by atoms with Crippen LogP contribution in [0.2, 0.25) is 0 Å². The molecule has 56 valence electrons. The molecule has 0 aromatic heterocycles. The molecule has 3 N–H and O–H groups in total. The maximum absolute atomic E-state index is 3.37. The van der Waals surface area contributed by atoms with Crippen LogP contribution in [0.1, 0.15) is 5.56 Å². The Hall–Kier alpha value is 0.140. The third-order valence-electron chi connectivity index (χ3n) is 1.07. The molecule has 10 heavy (non-hydrogen) atoms. The Morgan fingerprint density at radius 2 is 1.60 bits per heavy atom. The molecule has 1 nitrogen and oxygen atoms in total. The van der Waals surface area contributed by atoms with Crippen molar-refractivity contribution in [3.05, 3.63) is 34.3 Å². The molecule has 1 rings (SSSR count). The van der Waals surface area contributed by atoms with Crippen molar-refractivity contribution in [2.24, 2.45) is 0 Å². The monoisotopic (exact) mass is 265 g/mol. The molecule has 0 atom stereocenters. The van der Waals surface area contributed by atoms with Gasteiger partial charge in [-0.15, -0.1) is 0 Å². The van der Waals surface area contributed by atoms with Gasteiger partial charge in [-0.25, -0.2) is 0 Å². The summed E-state index contributed by atoms with van der Waals surface area (Å²) in [5, 5.41) is 0.931. The van der Waals surface area contributed by atoms with Crippen molar-refractivity contribution in [1.82, 2.24) is 6.15 Å². The lowest BCUT2D eigenvalue weighted by molar-refractivity contribution is 1.43. The summed E-state index contributed by atoms with van der Waals surface area (Å²) < 4.78 is 1.13. The molecule has 0 aliphatic carbocycles. The van der Waals surface area contributed by atoms with Crippen LogP contribution in [-0.2, 0) is 5.33 Å². The normalized spacial score (nSPS) is 8.60. The maximum atomic E-state index is 3.37. The SMILES string of the molecule is BrCc1ccc(Br)cc1.N. The average molecular weight is 267 g/mol. The fourth-order valence-electron chi connectivity index (χ4n) is 0.573. The summed E-state index contributed by atoms with van der Waals surface area (Å²) in [6, 6.07) is 8.24. The zero-order chi connectivity index (χ0) is 6.69. The molecule has 0 spiro atoms. The molecule has 0 saturated heterocycles. The molecular formula is C7H9Br2N. The van der Waals surface area contributed by atoms with Gasteiger partial charge < -0.3 is 6.15 Å². The molecule has 0 amide bonds. The van der Waals surface area contributed by atoms with Gasteiger partial charge in [-0.2, -0.15) is 0 Å². The average Bonchev–Trinajstić information content (AvgIpc) is 1.90. The third-order valence-corrected chi connectivity index (χ3v) is 2.24. The number of alkyl halides is 1. The van der Waals surface area contributed by atoms with Crippen molar-refractivity contribution < 1.29 is 0 Å². The number of hydrogen-bond acceptors (Lipinski definition) is 1. The van der Waals surface area contributed by atoms with Gasteiger partial charge in [-0.3, -0.25) is 0 Å². The first-order chi connectivity index (χ1) is 4.33. The van der Waals surface area contributed by atoms with Gasteiger partial charge >= 0.3 is 0 Å². The Morgan fingerprint density at radius 3 is 2.00 bits per heavy atom. The first kappa shape index (κ1) is 10.1. The second-order valence-electron chi connectivity index (χ2n) is 1.76. The van der Waals surface area contributed by atoms with Crippen LogP contribution in [0.15, 0.2) is 28.7 Å². The molecule has 0 radical (unpaired) electrons. The van der Waals surface area contributed by atoms with Crippen molar-refractivity contribution in [2.75, 3.05) is 0 Å². The Kier molecular flexibility index (Phi) is 4.95. The Labute approximate surface area is 77.7 Å². The van der Waals surface area contributed by atoms with E-state index in [9.17, 15) is 0 Å². The van der Waals surface area contributed by atoms with E-state index in [4.69, 9.17) is 0 Å². The highest BCUT2D eigenvalue weighted by molar-refractivity contribution is 9.10. The predicted molar refractivity (Wildman–Crippen MR) is 51.8 cm³/mol. The lowest BCUT2D eigenvalue weighted by Gasteiger charge is -1.92. The highest BCUT2D eigenvalue weighted by Crippen LogP contribution is 2.11. The summed E-state index contributed by atoms with van der Waals surface area (Å²) in [4.78, 5) is 0. The Morgan fingerprint density at radius 1 is 1.10 bits per heavy atom. The quantitative estimate of drug-likeness (QED) is 0.776. The van der Waals surface area contributed by atoms with Crippen LogP contribution in [0, 0.1) is 0 Å². The van der Waals surface area contributed by atoms with Gasteiger partial charge in [0, 0.05) is 9.80 Å². The van der Waals surface area contributed by atoms with Crippen LogP contribution in [-0.4, -0.2) is 0 Å². The van der Waals surface area contributed by atoms with Gasteiger partial charge in [0.25, 0.3) is 0 Å². The van der Waals surface area contributed by atoms with Crippen LogP contribution in [0.25, 0.3) is 0 Å². The summed E-state index contributed by atoms with van der Waals surface area (Å²) in [5.41, 5.74) is 1.30. The lowest BCUT2D eigenvalue weighted by Crippen LogP contribution is -1.73. The number of hydrogen-bond donors (Lipinski definition) is 1. The fourth-order valence-corrected chi connectivity index (χ4v) is 1.21. The van der Waals surface area contributed by atoms with Crippen molar-refractivity contribution in [3.8, 4) is 0 Å². The topological polar surface area (TPSA) is 35.0 Å². The van der Waals surface area contributed by atoms with Crippen LogP contribution in [0.5, 0.6) is 0 Å². The number of rotatable bonds is 1. The van der Waals surface area contributed by atoms with E-state index in [1.807, 2.05) is 12.1 Å². The van der Waals surface area contributed by atoms with E-state index in [0.29, 0.717) is 0 Å². The van der Waals surface area contributed by atoms with E-state index in [-0.39, 0.29) is 6.15 Å². The van der Waals surface area contributed by atoms with Gasteiger partial charge in [0.05, 0.1) is 0 Å². The largest absolute Gasteiger partial charge is 0.344 e. The summed E-state index contributed by atoms with van der Waals surface area (Å²) in [7, 11) is 0. The van der Waals surface area contributed by atoms with Crippen molar-refractivity contribution >= 4 is 31.9 Å². The van der Waals surface area contributed by atoms with E-state index in [1.165, 1.54) is 5.56 Å². The molecule has 0 heterocycles. The van der Waals surface area contributed by atoms with Gasteiger partial charge in [-0.1, -0.05) is 44.0 Å². The summed E-state index contributed by atoms with van der Waals surface area (Å²) in [6.07, 6.45) is 0. The van der Waals surface area contributed by atoms with Gasteiger partial charge in [0.15, 0.2) is 0 Å². The minimum Gasteiger partial charge on any atom is -0.344 e. The molecule has 0 aliphatic heterocycles. The Balaban J connectivity index is 0.000000810. The molecule has 0 fully saturated rings. The molecule has 3 heteroatoms. The molecule has 1 aromatic rings. The highest BCUT2D eigenvalue weighted by atomic mass is 79.9. The summed E-state index contributed by atoms with van der Waals surface area (Å²) in [6.45, 7) is 0. The predicted octanol–water partition coefficient (Wildman–Crippen LogP) is 3.51. The second kappa shape index (κ2) is 4.88. The molecular weight excluding hydrogens is 258 g/mol. The summed E-state index contributed by atoms with van der Waals surface area (Å²) in [5.74, 6) is 0. The van der Waals surface area contributed by atoms with E-state index in [2.05, 4.69) is 44.0 Å². The van der Waals surface area contributed by atoms with Gasteiger partial charge in [-0.05, 0) is 17.7 Å². The van der Waals surface area contributed by atoms with Crippen molar-refractivity contribution in [3.63, 3.8) is 0 Å². The minimum atomic E-state index is 0. The molecule has 0 saturated carbocycles. The highest BCUT2D eigenvalue weighted by Gasteiger charge is 1.86. The molecule has 1 aromatic carbocycles. The smallest absolute Gasteiger partial charge is 0.0283 e. The standard InChI is InChI=1S/C7H6Br2.H3N/c8-5-6-1-3-7(9)4-2-6;/h1-4H,5H2;1H3. The van der Waals surface area contributed by atoms with E-state index in [1.54, 1.807) is 0 Å². The van der Waals surface area contributed by atoms with Crippen molar-refractivity contribution in [2.45, 2.75) is 5.33 Å². The van der Waals surface area contributed by atoms with Gasteiger partial charge in [0.1, 0.15) is 0 Å². The van der Waals surface area contributed by atoms with Crippen LogP contribution >= 0.6 is 31.9 Å². The summed E-state index contributed by atoms with van der Waals surface area (Å²) >= 11 is 6.73. The van der Waals surface area contributed by atoms with Crippen LogP contribution in [0.3, 0.4) is 0 Å². The maximum Gasteiger partial charge on any atom is 0.0283 e. The second-order valence-corrected chi connectivity index (χ2v) is 3.24. The van der Waals surface area contributed by atoms with Crippen LogP contribution in [0.4, 0.5) is 0 Å². The number of halogens is 2. The first-order valence-electron chi connectivity index (χ1n) is 2.63. The van der Waals surface area contributed by atoms with E-state index < -0.39 is 0 Å². The van der Waals surface area contributed by atoms with Crippen molar-refractivity contribution in [1.29, 1.82) is 0 Å². The fraction of sp³-hybridized carbons (Fsp3) is 0.143. The molecule has 0 bridgehead atoms. The molecule has 0 unspecified atom stereocenters. The minimum absolute atomic E-state index is 0. The molecule has 0 aliphatic rings. The van der Waals surface area contributed by atoms with Gasteiger partial charge in [0.2, 0.25) is 0 Å². The third kappa shape index (κ3) is 2.82. The zero-order valence-corrected chi connectivity index (χ0v) is 8.65. The first-order valence-corrected chi connectivity index (χ1v) is 4.55. The Bertz CT molecular complexity index is 183. The number of benzene rings is 1. The van der Waals surface area contributed by atoms with Crippen LogP contribution < -0.4 is 6.15 Å². The zero-order valence-electron chi connectivity index (χ0n) is 5.48.